The van der Waals surface area contributed by atoms with Crippen LogP contribution in [0.3, 0.4) is 0 Å². The number of pyridine rings is 1. The molecule has 2 aromatic heterocycles. The predicted octanol–water partition coefficient (Wildman–Crippen LogP) is 2.25. The number of hydrogen-bond acceptors (Lipinski definition) is 4. The summed E-state index contributed by atoms with van der Waals surface area (Å²) in [6, 6.07) is 1.89. The molecule has 0 bridgehead atoms. The van der Waals surface area contributed by atoms with Gasteiger partial charge in [-0.05, 0) is 13.3 Å². The van der Waals surface area contributed by atoms with Crippen LogP contribution in [0.4, 0.5) is 0 Å². The average Bonchev–Trinajstić information content (AvgIpc) is 2.77. The highest BCUT2D eigenvalue weighted by Gasteiger charge is 2.06. The molecule has 0 radical (unpaired) electrons. The summed E-state index contributed by atoms with van der Waals surface area (Å²) < 4.78 is 7.67. The van der Waals surface area contributed by atoms with Gasteiger partial charge in [0.05, 0.1) is 12.4 Å². The largest absolute Gasteiger partial charge is 0.454 e. The molecule has 0 aliphatic rings. The van der Waals surface area contributed by atoms with E-state index in [4.69, 9.17) is 10.5 Å². The van der Waals surface area contributed by atoms with Gasteiger partial charge < -0.3 is 10.5 Å². The molecule has 0 aliphatic heterocycles. The highest BCUT2D eigenvalue weighted by atomic mass is 16.5. The molecule has 0 amide bonds. The van der Waals surface area contributed by atoms with Crippen LogP contribution in [0.2, 0.25) is 0 Å². The normalized spacial score (nSPS) is 10.6. The Hall–Kier alpha value is -1.88. The molecular formula is C13H18N4O. The average molecular weight is 246 g/mol. The number of ether oxygens (including phenoxy) is 1. The SMILES string of the molecule is CCCn1cc(Oc2cc(C)ncc2CN)cn1. The Balaban J connectivity index is 2.19. The van der Waals surface area contributed by atoms with Gasteiger partial charge >= 0.3 is 0 Å². The first-order valence-electron chi connectivity index (χ1n) is 6.08. The molecule has 2 aromatic rings. The van der Waals surface area contributed by atoms with Crippen molar-refractivity contribution in [3.05, 3.63) is 35.9 Å². The summed E-state index contributed by atoms with van der Waals surface area (Å²) in [5.74, 6) is 1.48. The van der Waals surface area contributed by atoms with Gasteiger partial charge in [-0.25, -0.2) is 0 Å². The number of hydrogen-bond donors (Lipinski definition) is 1. The van der Waals surface area contributed by atoms with Crippen LogP contribution >= 0.6 is 0 Å². The Labute approximate surface area is 107 Å². The topological polar surface area (TPSA) is 66.0 Å². The molecular weight excluding hydrogens is 228 g/mol. The number of rotatable bonds is 5. The third-order valence-corrected chi connectivity index (χ3v) is 2.59. The number of aromatic nitrogens is 3. The van der Waals surface area contributed by atoms with Gasteiger partial charge in [0.2, 0.25) is 0 Å². The zero-order valence-electron chi connectivity index (χ0n) is 10.8. The van der Waals surface area contributed by atoms with Crippen LogP contribution in [0.1, 0.15) is 24.6 Å². The van der Waals surface area contributed by atoms with Crippen LogP contribution in [0.15, 0.2) is 24.7 Å². The fourth-order valence-electron chi connectivity index (χ4n) is 1.69. The third-order valence-electron chi connectivity index (χ3n) is 2.59. The highest BCUT2D eigenvalue weighted by Crippen LogP contribution is 2.24. The summed E-state index contributed by atoms with van der Waals surface area (Å²) in [7, 11) is 0. The van der Waals surface area contributed by atoms with E-state index in [2.05, 4.69) is 17.0 Å². The van der Waals surface area contributed by atoms with Crippen molar-refractivity contribution in [2.45, 2.75) is 33.4 Å². The van der Waals surface area contributed by atoms with Crippen molar-refractivity contribution >= 4 is 0 Å². The van der Waals surface area contributed by atoms with E-state index >= 15 is 0 Å². The van der Waals surface area contributed by atoms with Gasteiger partial charge in [0.15, 0.2) is 5.75 Å². The minimum absolute atomic E-state index is 0.408. The Morgan fingerprint density at radius 2 is 2.22 bits per heavy atom. The molecule has 5 nitrogen and oxygen atoms in total. The molecule has 0 spiro atoms. The maximum Gasteiger partial charge on any atom is 0.165 e. The highest BCUT2D eigenvalue weighted by molar-refractivity contribution is 5.36. The first-order chi connectivity index (χ1) is 8.72. The second kappa shape index (κ2) is 5.64. The molecule has 0 unspecified atom stereocenters. The van der Waals surface area contributed by atoms with Gasteiger partial charge in [0.1, 0.15) is 5.75 Å². The second-order valence-corrected chi connectivity index (χ2v) is 4.18. The van der Waals surface area contributed by atoms with Crippen molar-refractivity contribution in [3.8, 4) is 11.5 Å². The molecule has 0 saturated heterocycles. The zero-order chi connectivity index (χ0) is 13.0. The van der Waals surface area contributed by atoms with Crippen molar-refractivity contribution in [2.75, 3.05) is 0 Å². The van der Waals surface area contributed by atoms with Crippen LogP contribution in [0, 0.1) is 6.92 Å². The Morgan fingerprint density at radius 1 is 1.39 bits per heavy atom. The molecule has 0 fully saturated rings. The maximum absolute atomic E-state index is 5.80. The van der Waals surface area contributed by atoms with Gasteiger partial charge in [0.25, 0.3) is 0 Å². The lowest BCUT2D eigenvalue weighted by atomic mass is 10.2. The summed E-state index contributed by atoms with van der Waals surface area (Å²) in [6.45, 7) is 5.34. The monoisotopic (exact) mass is 246 g/mol. The predicted molar refractivity (Wildman–Crippen MR) is 69.5 cm³/mol. The molecule has 2 rings (SSSR count). The van der Waals surface area contributed by atoms with E-state index in [1.165, 1.54) is 0 Å². The minimum atomic E-state index is 0.408. The quantitative estimate of drug-likeness (QED) is 0.878. The van der Waals surface area contributed by atoms with Crippen LogP contribution in [-0.4, -0.2) is 14.8 Å². The first kappa shape index (κ1) is 12.6. The van der Waals surface area contributed by atoms with Gasteiger partial charge in [-0.3, -0.25) is 9.67 Å². The van der Waals surface area contributed by atoms with E-state index in [0.29, 0.717) is 6.54 Å². The standard InChI is InChI=1S/C13H18N4O/c1-3-4-17-9-12(8-16-17)18-13-5-10(2)15-7-11(13)6-14/h5,7-9H,3-4,6,14H2,1-2H3. The summed E-state index contributed by atoms with van der Waals surface area (Å²) >= 11 is 0. The molecule has 0 aliphatic carbocycles. The van der Waals surface area contributed by atoms with Crippen molar-refractivity contribution in [1.82, 2.24) is 14.8 Å². The summed E-state index contributed by atoms with van der Waals surface area (Å²) in [6.07, 6.45) is 6.40. The van der Waals surface area contributed by atoms with E-state index in [-0.39, 0.29) is 0 Å². The lowest BCUT2D eigenvalue weighted by Crippen LogP contribution is -2.01. The number of aryl methyl sites for hydroxylation is 2. The first-order valence-corrected chi connectivity index (χ1v) is 6.08. The Kier molecular flexibility index (Phi) is 3.94. The van der Waals surface area contributed by atoms with Crippen molar-refractivity contribution in [3.63, 3.8) is 0 Å². The zero-order valence-corrected chi connectivity index (χ0v) is 10.8. The van der Waals surface area contributed by atoms with Crippen molar-refractivity contribution in [2.24, 2.45) is 5.73 Å². The summed E-state index contributed by atoms with van der Waals surface area (Å²) in [4.78, 5) is 4.21. The lowest BCUT2D eigenvalue weighted by Gasteiger charge is -2.08. The molecule has 0 aromatic carbocycles. The van der Waals surface area contributed by atoms with E-state index in [0.717, 1.165) is 35.7 Å². The van der Waals surface area contributed by atoms with Crippen LogP contribution in [-0.2, 0) is 13.1 Å². The Morgan fingerprint density at radius 3 is 2.94 bits per heavy atom. The van der Waals surface area contributed by atoms with E-state index < -0.39 is 0 Å². The second-order valence-electron chi connectivity index (χ2n) is 4.18. The maximum atomic E-state index is 5.80. The molecule has 0 atom stereocenters. The van der Waals surface area contributed by atoms with Gasteiger partial charge in [-0.1, -0.05) is 6.92 Å². The number of nitrogens with zero attached hydrogens (tertiary/aromatic N) is 3. The molecule has 2 heterocycles. The van der Waals surface area contributed by atoms with Crippen LogP contribution in [0.25, 0.3) is 0 Å². The fourth-order valence-corrected chi connectivity index (χ4v) is 1.69. The van der Waals surface area contributed by atoms with Gasteiger partial charge in [0, 0.05) is 36.6 Å². The van der Waals surface area contributed by atoms with E-state index in [9.17, 15) is 0 Å². The number of nitrogens with two attached hydrogens (primary N) is 1. The molecule has 18 heavy (non-hydrogen) atoms. The minimum Gasteiger partial charge on any atom is -0.454 e. The molecule has 96 valence electrons. The molecule has 5 heteroatoms. The smallest absolute Gasteiger partial charge is 0.165 e. The third kappa shape index (κ3) is 2.87. The van der Waals surface area contributed by atoms with Gasteiger partial charge in [-0.2, -0.15) is 5.10 Å². The van der Waals surface area contributed by atoms with Crippen LogP contribution < -0.4 is 10.5 Å². The van der Waals surface area contributed by atoms with Gasteiger partial charge in [-0.15, -0.1) is 0 Å². The summed E-state index contributed by atoms with van der Waals surface area (Å²) in [5, 5.41) is 4.22. The van der Waals surface area contributed by atoms with E-state index in [1.54, 1.807) is 12.4 Å². The Bertz CT molecular complexity index is 521. The van der Waals surface area contributed by atoms with E-state index in [1.807, 2.05) is 23.9 Å². The lowest BCUT2D eigenvalue weighted by molar-refractivity contribution is 0.473. The summed E-state index contributed by atoms with van der Waals surface area (Å²) in [5.41, 5.74) is 7.46. The van der Waals surface area contributed by atoms with Crippen LogP contribution in [0.5, 0.6) is 11.5 Å². The van der Waals surface area contributed by atoms with Crippen molar-refractivity contribution < 1.29 is 4.74 Å². The van der Waals surface area contributed by atoms with Crippen molar-refractivity contribution in [1.29, 1.82) is 0 Å². The fraction of sp³-hybridized carbons (Fsp3) is 0.385. The molecule has 0 saturated carbocycles. The molecule has 2 N–H and O–H groups in total.